The number of hydrogen-bond donors (Lipinski definition) is 2. The zero-order valence-electron chi connectivity index (χ0n) is 6.37. The molecule has 67 valence electrons. The van der Waals surface area contributed by atoms with Crippen molar-refractivity contribution in [3.8, 4) is 0 Å². The zero-order valence-corrected chi connectivity index (χ0v) is 6.37. The van der Waals surface area contributed by atoms with Crippen molar-refractivity contribution < 1.29 is 18.3 Å². The monoisotopic (exact) mass is 170 g/mol. The van der Waals surface area contributed by atoms with Gasteiger partial charge in [-0.2, -0.15) is 13.2 Å². The molecule has 0 bridgehead atoms. The van der Waals surface area contributed by atoms with Crippen molar-refractivity contribution in [2.24, 2.45) is 5.73 Å². The van der Waals surface area contributed by atoms with Gasteiger partial charge in [0.15, 0.2) is 6.10 Å². The molecule has 3 N–H and O–H groups in total. The van der Waals surface area contributed by atoms with Gasteiger partial charge in [-0.1, -0.05) is 0 Å². The van der Waals surface area contributed by atoms with Crippen LogP contribution in [-0.4, -0.2) is 16.8 Å². The van der Waals surface area contributed by atoms with Gasteiger partial charge >= 0.3 is 6.18 Å². The molecule has 0 saturated carbocycles. The van der Waals surface area contributed by atoms with E-state index in [0.29, 0.717) is 0 Å². The van der Waals surface area contributed by atoms with Gasteiger partial charge in [-0.05, 0) is 13.8 Å². The van der Waals surface area contributed by atoms with Crippen LogP contribution >= 0.6 is 0 Å². The van der Waals surface area contributed by atoms with E-state index in [9.17, 15) is 13.2 Å². The summed E-state index contributed by atoms with van der Waals surface area (Å²) in [5.74, 6) is 0. The summed E-state index contributed by atoms with van der Waals surface area (Å²) in [5, 5.41) is 8.43. The van der Waals surface area contributed by atoms with Crippen molar-refractivity contribution in [2.45, 2.75) is 32.0 Å². The van der Waals surface area contributed by atoms with Gasteiger partial charge in [0.2, 0.25) is 0 Å². The fraction of sp³-hybridized carbons (Fsp3) is 0.833. The molecule has 0 aromatic heterocycles. The zero-order chi connectivity index (χ0) is 9.28. The number of alkyl halides is 3. The summed E-state index contributed by atoms with van der Waals surface area (Å²) < 4.78 is 34.9. The van der Waals surface area contributed by atoms with Gasteiger partial charge in [0, 0.05) is 12.0 Å². The predicted molar refractivity (Wildman–Crippen MR) is 34.1 cm³/mol. The van der Waals surface area contributed by atoms with Gasteiger partial charge in [0.05, 0.1) is 0 Å². The molecule has 0 aliphatic heterocycles. The Labute approximate surface area is 63.2 Å². The SMILES string of the molecule is CC(C)(N)C[C](O)C(F)(F)F. The summed E-state index contributed by atoms with van der Waals surface area (Å²) in [6, 6.07) is 0. The molecular formula is C6H11F3NO. The minimum Gasteiger partial charge on any atom is -0.378 e. The average Bonchev–Trinajstić information content (AvgIpc) is 1.56. The predicted octanol–water partition coefficient (Wildman–Crippen LogP) is 1.58. The van der Waals surface area contributed by atoms with Gasteiger partial charge in [0.25, 0.3) is 0 Å². The Morgan fingerprint density at radius 2 is 1.73 bits per heavy atom. The molecule has 0 spiro atoms. The van der Waals surface area contributed by atoms with Crippen LogP contribution in [0.3, 0.4) is 0 Å². The van der Waals surface area contributed by atoms with E-state index in [0.717, 1.165) is 0 Å². The summed E-state index contributed by atoms with van der Waals surface area (Å²) in [7, 11) is 0. The highest BCUT2D eigenvalue weighted by molar-refractivity contribution is 4.92. The van der Waals surface area contributed by atoms with E-state index in [1.54, 1.807) is 0 Å². The maximum Gasteiger partial charge on any atom is 0.420 e. The molecule has 0 unspecified atom stereocenters. The third-order valence-electron chi connectivity index (χ3n) is 0.950. The minimum absolute atomic E-state index is 0.559. The van der Waals surface area contributed by atoms with Gasteiger partial charge in [-0.3, -0.25) is 0 Å². The summed E-state index contributed by atoms with van der Waals surface area (Å²) >= 11 is 0. The summed E-state index contributed by atoms with van der Waals surface area (Å²) in [5.41, 5.74) is 4.22. The minimum atomic E-state index is -4.64. The van der Waals surface area contributed by atoms with Gasteiger partial charge in [-0.15, -0.1) is 0 Å². The van der Waals surface area contributed by atoms with Crippen molar-refractivity contribution >= 4 is 0 Å². The lowest BCUT2D eigenvalue weighted by Gasteiger charge is -2.22. The van der Waals surface area contributed by atoms with Crippen LogP contribution in [0.5, 0.6) is 0 Å². The molecule has 0 fully saturated rings. The molecule has 0 aliphatic rings. The molecule has 0 atom stereocenters. The summed E-state index contributed by atoms with van der Waals surface area (Å²) in [6.07, 6.45) is -6.72. The second-order valence-corrected chi connectivity index (χ2v) is 3.11. The first-order valence-corrected chi connectivity index (χ1v) is 3.04. The second-order valence-electron chi connectivity index (χ2n) is 3.11. The topological polar surface area (TPSA) is 46.2 Å². The van der Waals surface area contributed by atoms with Crippen molar-refractivity contribution in [3.05, 3.63) is 6.10 Å². The number of hydrogen-bond acceptors (Lipinski definition) is 2. The highest BCUT2D eigenvalue weighted by atomic mass is 19.4. The molecule has 0 aromatic rings. The molecule has 0 aromatic carbocycles. The Morgan fingerprint density at radius 1 is 1.36 bits per heavy atom. The number of nitrogens with two attached hydrogens (primary N) is 1. The quantitative estimate of drug-likeness (QED) is 0.660. The molecule has 2 nitrogen and oxygen atoms in total. The highest BCUT2D eigenvalue weighted by Gasteiger charge is 2.41. The van der Waals surface area contributed by atoms with E-state index in [-0.39, 0.29) is 0 Å². The van der Waals surface area contributed by atoms with Crippen LogP contribution in [0.1, 0.15) is 20.3 Å². The van der Waals surface area contributed by atoms with E-state index in [2.05, 4.69) is 0 Å². The normalized spacial score (nSPS) is 14.2. The van der Waals surface area contributed by atoms with Gasteiger partial charge in [-0.25, -0.2) is 0 Å². The van der Waals surface area contributed by atoms with Crippen molar-refractivity contribution in [3.63, 3.8) is 0 Å². The molecular weight excluding hydrogens is 159 g/mol. The van der Waals surface area contributed by atoms with Gasteiger partial charge < -0.3 is 10.8 Å². The standard InChI is InChI=1S/C6H11F3NO/c1-5(2,10)3-4(11)6(7,8)9/h11H,3,10H2,1-2H3. The number of rotatable bonds is 2. The lowest BCUT2D eigenvalue weighted by Crippen LogP contribution is -2.37. The number of aliphatic hydroxyl groups is 1. The number of aliphatic hydroxyl groups excluding tert-OH is 1. The van der Waals surface area contributed by atoms with Crippen LogP contribution in [0.15, 0.2) is 0 Å². The lowest BCUT2D eigenvalue weighted by atomic mass is 9.98. The summed E-state index contributed by atoms with van der Waals surface area (Å²) in [6.45, 7) is 2.82. The van der Waals surface area contributed by atoms with E-state index >= 15 is 0 Å². The van der Waals surface area contributed by atoms with Crippen molar-refractivity contribution in [2.75, 3.05) is 0 Å². The maximum atomic E-state index is 11.6. The van der Waals surface area contributed by atoms with Crippen LogP contribution in [0.25, 0.3) is 0 Å². The molecule has 0 aliphatic carbocycles. The third-order valence-corrected chi connectivity index (χ3v) is 0.950. The van der Waals surface area contributed by atoms with Crippen LogP contribution in [0.2, 0.25) is 0 Å². The van der Waals surface area contributed by atoms with Crippen LogP contribution in [-0.2, 0) is 0 Å². The second kappa shape index (κ2) is 2.98. The molecule has 0 rings (SSSR count). The van der Waals surface area contributed by atoms with Crippen molar-refractivity contribution in [1.82, 2.24) is 0 Å². The smallest absolute Gasteiger partial charge is 0.378 e. The maximum absolute atomic E-state index is 11.6. The molecule has 0 heterocycles. The average molecular weight is 170 g/mol. The van der Waals surface area contributed by atoms with E-state index in [1.807, 2.05) is 0 Å². The molecule has 5 heteroatoms. The van der Waals surface area contributed by atoms with Crippen LogP contribution in [0, 0.1) is 6.10 Å². The Kier molecular flexibility index (Phi) is 2.91. The first-order valence-electron chi connectivity index (χ1n) is 3.04. The molecule has 0 saturated heterocycles. The third kappa shape index (κ3) is 5.03. The van der Waals surface area contributed by atoms with Gasteiger partial charge in [0.1, 0.15) is 0 Å². The largest absolute Gasteiger partial charge is 0.420 e. The van der Waals surface area contributed by atoms with Crippen molar-refractivity contribution in [1.29, 1.82) is 0 Å². The fourth-order valence-corrected chi connectivity index (χ4v) is 0.532. The van der Waals surface area contributed by atoms with Crippen LogP contribution in [0.4, 0.5) is 13.2 Å². The first kappa shape index (κ1) is 10.7. The van der Waals surface area contributed by atoms with E-state index in [4.69, 9.17) is 10.8 Å². The fourth-order valence-electron chi connectivity index (χ4n) is 0.532. The van der Waals surface area contributed by atoms with E-state index < -0.39 is 24.2 Å². The molecule has 1 radical (unpaired) electrons. The lowest BCUT2D eigenvalue weighted by molar-refractivity contribution is -0.159. The Hall–Kier alpha value is -0.290. The Morgan fingerprint density at radius 3 is 1.82 bits per heavy atom. The molecule has 11 heavy (non-hydrogen) atoms. The summed E-state index contributed by atoms with van der Waals surface area (Å²) in [4.78, 5) is 0. The Balaban J connectivity index is 3.99. The van der Waals surface area contributed by atoms with E-state index in [1.165, 1.54) is 13.8 Å². The van der Waals surface area contributed by atoms with Crippen LogP contribution < -0.4 is 5.73 Å². The Bertz CT molecular complexity index is 127. The number of halogens is 3. The first-order chi connectivity index (χ1) is 4.63. The highest BCUT2D eigenvalue weighted by Crippen LogP contribution is 2.30. The molecule has 0 amide bonds.